The first-order valence-corrected chi connectivity index (χ1v) is 6.88. The molecule has 10 heteroatoms. The molecule has 3 aromatic rings. The predicted octanol–water partition coefficient (Wildman–Crippen LogP) is 2.25. The highest BCUT2D eigenvalue weighted by Crippen LogP contribution is 2.24. The molecule has 0 unspecified atom stereocenters. The van der Waals surface area contributed by atoms with Crippen LogP contribution in [0, 0.1) is 14.9 Å². The van der Waals surface area contributed by atoms with Gasteiger partial charge < -0.3 is 9.84 Å². The number of rotatable bonds is 3. The van der Waals surface area contributed by atoms with Crippen LogP contribution in [0.5, 0.6) is 0 Å². The third kappa shape index (κ3) is 2.38. The molecule has 118 valence electrons. The maximum absolute atomic E-state index is 12.4. The van der Waals surface area contributed by atoms with Crippen LogP contribution < -0.4 is 10.9 Å². The third-order valence-corrected chi connectivity index (χ3v) is 3.96. The molecule has 0 aliphatic rings. The molecule has 2 heterocycles. The summed E-state index contributed by atoms with van der Waals surface area (Å²) in [6.07, 6.45) is 0. The standard InChI is InChI=1S/C13H11N5O4S/c1-16-11(19)9-10(15-22-12(9)17(2)13(16)23)14-7-3-5-8(6-4-7)18(20)21/h3-6H,1-2H3,(H,14,15). The molecule has 23 heavy (non-hydrogen) atoms. The number of nitrogens with one attached hydrogen (secondary N) is 1. The van der Waals surface area contributed by atoms with Crippen molar-refractivity contribution in [1.29, 1.82) is 0 Å². The summed E-state index contributed by atoms with van der Waals surface area (Å²) >= 11 is 5.14. The van der Waals surface area contributed by atoms with Gasteiger partial charge in [0.05, 0.1) is 4.92 Å². The number of fused-ring (bicyclic) bond motifs is 1. The highest BCUT2D eigenvalue weighted by molar-refractivity contribution is 7.71. The van der Waals surface area contributed by atoms with Crippen LogP contribution >= 0.6 is 12.2 Å². The summed E-state index contributed by atoms with van der Waals surface area (Å²) < 4.78 is 8.36. The van der Waals surface area contributed by atoms with Crippen molar-refractivity contribution >= 4 is 40.5 Å². The van der Waals surface area contributed by atoms with Crippen LogP contribution in [0.25, 0.3) is 11.1 Å². The summed E-state index contributed by atoms with van der Waals surface area (Å²) in [4.78, 5) is 22.5. The topological polar surface area (TPSA) is 108 Å². The molecule has 0 fully saturated rings. The largest absolute Gasteiger partial charge is 0.337 e. The van der Waals surface area contributed by atoms with E-state index >= 15 is 0 Å². The van der Waals surface area contributed by atoms with Gasteiger partial charge in [0.2, 0.25) is 5.71 Å². The number of non-ortho nitro benzene ring substituents is 1. The number of nitro groups is 1. The Bertz CT molecular complexity index is 1030. The second-order valence-electron chi connectivity index (χ2n) is 4.85. The minimum Gasteiger partial charge on any atom is -0.337 e. The molecule has 2 aromatic heterocycles. The molecule has 0 saturated carbocycles. The van der Waals surface area contributed by atoms with Gasteiger partial charge in [0.25, 0.3) is 11.2 Å². The lowest BCUT2D eigenvalue weighted by atomic mass is 10.3. The monoisotopic (exact) mass is 333 g/mol. The first kappa shape index (κ1) is 14.9. The minimum absolute atomic E-state index is 0.0291. The molecule has 0 atom stereocenters. The summed E-state index contributed by atoms with van der Waals surface area (Å²) in [6, 6.07) is 5.74. The molecular weight excluding hydrogens is 322 g/mol. The number of aryl methyl sites for hydroxylation is 1. The van der Waals surface area contributed by atoms with Gasteiger partial charge in [-0.25, -0.2) is 0 Å². The smallest absolute Gasteiger partial charge is 0.269 e. The Hall–Kier alpha value is -3.01. The van der Waals surface area contributed by atoms with Gasteiger partial charge in [0, 0.05) is 31.9 Å². The van der Waals surface area contributed by atoms with Crippen molar-refractivity contribution in [3.05, 3.63) is 49.5 Å². The maximum atomic E-state index is 12.4. The Labute approximate surface area is 133 Å². The predicted molar refractivity (Wildman–Crippen MR) is 85.4 cm³/mol. The second-order valence-corrected chi connectivity index (χ2v) is 5.21. The number of anilines is 2. The van der Waals surface area contributed by atoms with Gasteiger partial charge in [0.15, 0.2) is 10.6 Å². The second kappa shape index (κ2) is 5.32. The first-order valence-electron chi connectivity index (χ1n) is 6.47. The quantitative estimate of drug-likeness (QED) is 0.445. The number of nitro benzene ring substituents is 1. The molecule has 9 nitrogen and oxygen atoms in total. The average Bonchev–Trinajstić information content (AvgIpc) is 2.95. The zero-order valence-electron chi connectivity index (χ0n) is 12.1. The van der Waals surface area contributed by atoms with Crippen molar-refractivity contribution in [2.75, 3.05) is 5.32 Å². The Balaban J connectivity index is 2.09. The Morgan fingerprint density at radius 3 is 2.52 bits per heavy atom. The molecule has 0 radical (unpaired) electrons. The van der Waals surface area contributed by atoms with Gasteiger partial charge in [-0.05, 0) is 24.4 Å². The van der Waals surface area contributed by atoms with E-state index in [4.69, 9.17) is 16.7 Å². The lowest BCUT2D eigenvalue weighted by Crippen LogP contribution is -2.21. The Morgan fingerprint density at radius 2 is 1.91 bits per heavy atom. The molecule has 0 amide bonds. The molecule has 1 N–H and O–H groups in total. The fourth-order valence-electron chi connectivity index (χ4n) is 2.16. The number of aromatic nitrogens is 3. The first-order chi connectivity index (χ1) is 10.9. The summed E-state index contributed by atoms with van der Waals surface area (Å²) in [5.41, 5.74) is 0.424. The van der Waals surface area contributed by atoms with Crippen molar-refractivity contribution in [2.45, 2.75) is 0 Å². The third-order valence-electron chi connectivity index (χ3n) is 3.41. The van der Waals surface area contributed by atoms with Crippen LogP contribution in [-0.4, -0.2) is 19.2 Å². The number of benzene rings is 1. The highest BCUT2D eigenvalue weighted by atomic mass is 32.1. The van der Waals surface area contributed by atoms with E-state index in [1.807, 2.05) is 0 Å². The van der Waals surface area contributed by atoms with E-state index in [9.17, 15) is 14.9 Å². The van der Waals surface area contributed by atoms with Crippen LogP contribution in [0.4, 0.5) is 17.2 Å². The van der Waals surface area contributed by atoms with E-state index in [0.717, 1.165) is 0 Å². The van der Waals surface area contributed by atoms with Gasteiger partial charge >= 0.3 is 0 Å². The lowest BCUT2D eigenvalue weighted by molar-refractivity contribution is -0.384. The Kier molecular flexibility index (Phi) is 3.45. The van der Waals surface area contributed by atoms with E-state index in [-0.39, 0.29) is 28.2 Å². The molecular formula is C13H11N5O4S. The fraction of sp³-hybridized carbons (Fsp3) is 0.154. The lowest BCUT2D eigenvalue weighted by Gasteiger charge is -2.05. The van der Waals surface area contributed by atoms with Crippen molar-refractivity contribution in [3.63, 3.8) is 0 Å². The van der Waals surface area contributed by atoms with Gasteiger partial charge in [-0.2, -0.15) is 0 Å². The molecule has 0 spiro atoms. The molecule has 1 aromatic carbocycles. The highest BCUT2D eigenvalue weighted by Gasteiger charge is 2.17. The van der Waals surface area contributed by atoms with Gasteiger partial charge in [-0.15, -0.1) is 0 Å². The van der Waals surface area contributed by atoms with Crippen LogP contribution in [0.3, 0.4) is 0 Å². The molecule has 0 aliphatic carbocycles. The molecule has 3 rings (SSSR count). The van der Waals surface area contributed by atoms with Crippen molar-refractivity contribution in [1.82, 2.24) is 14.3 Å². The Morgan fingerprint density at radius 1 is 1.26 bits per heavy atom. The van der Waals surface area contributed by atoms with Gasteiger partial charge in [-0.3, -0.25) is 24.0 Å². The summed E-state index contributed by atoms with van der Waals surface area (Å²) in [5.74, 6) is 0.222. The summed E-state index contributed by atoms with van der Waals surface area (Å²) in [7, 11) is 3.23. The average molecular weight is 333 g/mol. The summed E-state index contributed by atoms with van der Waals surface area (Å²) in [5, 5.41) is 17.7. The van der Waals surface area contributed by atoms with Crippen LogP contribution in [0.15, 0.2) is 33.6 Å². The fourth-order valence-corrected chi connectivity index (χ4v) is 2.32. The van der Waals surface area contributed by atoms with E-state index in [2.05, 4.69) is 10.5 Å². The van der Waals surface area contributed by atoms with Gasteiger partial charge in [0.1, 0.15) is 5.39 Å². The minimum atomic E-state index is -0.490. The van der Waals surface area contributed by atoms with Crippen molar-refractivity contribution in [3.8, 4) is 0 Å². The molecule has 0 aliphatic heterocycles. The van der Waals surface area contributed by atoms with E-state index < -0.39 is 4.92 Å². The number of hydrogen-bond donors (Lipinski definition) is 1. The van der Waals surface area contributed by atoms with E-state index in [1.165, 1.54) is 28.8 Å². The SMILES string of the molecule is Cn1c(=O)c2c(Nc3ccc([N+](=O)[O-])cc3)noc2n(C)c1=S. The van der Waals surface area contributed by atoms with Gasteiger partial charge in [-0.1, -0.05) is 5.16 Å². The maximum Gasteiger partial charge on any atom is 0.269 e. The van der Waals surface area contributed by atoms with Crippen LogP contribution in [0.2, 0.25) is 0 Å². The van der Waals surface area contributed by atoms with Crippen LogP contribution in [-0.2, 0) is 14.1 Å². The van der Waals surface area contributed by atoms with Crippen molar-refractivity contribution < 1.29 is 9.45 Å². The number of nitrogens with zero attached hydrogens (tertiary/aromatic N) is 4. The van der Waals surface area contributed by atoms with Crippen LogP contribution in [0.1, 0.15) is 0 Å². The zero-order valence-corrected chi connectivity index (χ0v) is 13.0. The summed E-state index contributed by atoms with van der Waals surface area (Å²) in [6.45, 7) is 0. The van der Waals surface area contributed by atoms with E-state index in [0.29, 0.717) is 10.5 Å². The number of hydrogen-bond acceptors (Lipinski definition) is 7. The molecule has 0 saturated heterocycles. The molecule has 0 bridgehead atoms. The van der Waals surface area contributed by atoms with E-state index in [1.54, 1.807) is 18.7 Å². The normalized spacial score (nSPS) is 10.9. The van der Waals surface area contributed by atoms with Crippen molar-refractivity contribution in [2.24, 2.45) is 14.1 Å². The zero-order chi connectivity index (χ0) is 16.7.